The lowest BCUT2D eigenvalue weighted by atomic mass is 10.1. The number of hydrogen-bond donors (Lipinski definition) is 9. The summed E-state index contributed by atoms with van der Waals surface area (Å²) < 4.78 is 571. The van der Waals surface area contributed by atoms with Crippen molar-refractivity contribution in [1.82, 2.24) is 47.8 Å². The maximum Gasteiger partial charge on any atom is 0.231 e. The highest BCUT2D eigenvalue weighted by molar-refractivity contribution is 5.51. The minimum Gasteiger partial charge on any atom is -0.454 e. The summed E-state index contributed by atoms with van der Waals surface area (Å²) >= 11 is 0. The van der Waals surface area contributed by atoms with Crippen LogP contribution in [0.25, 0.3) is 0 Å². The van der Waals surface area contributed by atoms with Crippen molar-refractivity contribution in [3.63, 3.8) is 0 Å². The van der Waals surface area contributed by atoms with Crippen LogP contribution in [0, 0.1) is 0 Å². The van der Waals surface area contributed by atoms with E-state index in [0.29, 0.717) is 11.1 Å². The Morgan fingerprint density at radius 3 is 0.683 bits per heavy atom. The van der Waals surface area contributed by atoms with Gasteiger partial charge in [0.25, 0.3) is 0 Å². The smallest absolute Gasteiger partial charge is 0.231 e. The van der Waals surface area contributed by atoms with Crippen LogP contribution in [0.15, 0.2) is 163 Å². The van der Waals surface area contributed by atoms with Crippen LogP contribution in [0.1, 0.15) is 192 Å². The quantitative estimate of drug-likeness (QED) is 0.0231. The normalized spacial score (nSPS) is 27.7. The summed E-state index contributed by atoms with van der Waals surface area (Å²) in [6, 6.07) is -15.6. The minimum absolute atomic E-state index is 0.00369. The monoisotopic (exact) mass is 1800 g/mol. The molecule has 9 aliphatic rings. The number of rotatable bonds is 27. The zero-order valence-electron chi connectivity index (χ0n) is 134. The van der Waals surface area contributed by atoms with E-state index in [1.54, 1.807) is 34.0 Å². The fourth-order valence-corrected chi connectivity index (χ4v) is 10.3. The summed E-state index contributed by atoms with van der Waals surface area (Å²) in [4.78, 5) is 0. The van der Waals surface area contributed by atoms with Crippen LogP contribution in [-0.2, 0) is 57.8 Å². The molecule has 9 N–H and O–H groups in total. The third-order valence-corrected chi connectivity index (χ3v) is 17.0. The van der Waals surface area contributed by atoms with Gasteiger partial charge in [0, 0.05) is 87.1 Å². The molecular weight excluding hydrogens is 1600 g/mol. The van der Waals surface area contributed by atoms with Gasteiger partial charge >= 0.3 is 0 Å². The van der Waals surface area contributed by atoms with Crippen molar-refractivity contribution < 1.29 is 172 Å². The van der Waals surface area contributed by atoms with E-state index in [0.717, 1.165) is 17.5 Å². The highest BCUT2D eigenvalue weighted by Gasteiger charge is 2.23. The molecule has 9 unspecified atom stereocenters. The number of benzene rings is 9. The van der Waals surface area contributed by atoms with Crippen LogP contribution in [0.4, 0.5) is 0 Å². The molecule has 9 heterocycles. The number of hydrogen-bond acceptors (Lipinski definition) is 27. The first-order valence-corrected chi connectivity index (χ1v) is 37.8. The molecular formula is C99H135N9O18. The molecule has 27 nitrogen and oxygen atoms in total. The first-order valence-electron chi connectivity index (χ1n) is 69.0. The largest absolute Gasteiger partial charge is 0.454 e. The van der Waals surface area contributed by atoms with Crippen molar-refractivity contribution in [2.75, 3.05) is 124 Å². The average Bonchev–Trinajstić information content (AvgIpc) is 1.56. The molecule has 0 aromatic heterocycles. The van der Waals surface area contributed by atoms with Gasteiger partial charge in [0.15, 0.2) is 103 Å². The lowest BCUT2D eigenvalue weighted by Gasteiger charge is -2.10. The van der Waals surface area contributed by atoms with Gasteiger partial charge in [-0.3, -0.25) is 0 Å². The standard InChI is InChI=1S/9C11H15NO2/c9*1-8(12-2)5-9-3-4-10-11(6-9)14-7-13-10/h9*3-4,6,8,12H,5,7H2,1-2H3/i2*2D3,3D,4D,6D,7D2,8D;2*3D,4D,6D,7D2,8D;2*2D3,3D,4D,6D,8D;2*3D,4D,6D,8D;2D3,7D2,8D/hD5. The average molecular weight is 1800 g/mol. The Labute approximate surface area is 834 Å². The molecule has 126 heavy (non-hydrogen) atoms. The summed E-state index contributed by atoms with van der Waals surface area (Å²) in [5.41, 5.74) is 1.09. The molecule has 0 fully saturated rings. The van der Waals surface area contributed by atoms with Gasteiger partial charge in [0.2, 0.25) is 60.9 Å². The van der Waals surface area contributed by atoms with Gasteiger partial charge in [-0.25, -0.2) is 0 Å². The number of ether oxygens (including phenoxy) is 18. The van der Waals surface area contributed by atoms with Crippen LogP contribution >= 0.6 is 0 Å². The first kappa shape index (κ1) is 42.8. The zero-order chi connectivity index (χ0) is 145. The van der Waals surface area contributed by atoms with E-state index in [4.69, 9.17) is 172 Å². The minimum atomic E-state index is -2.88. The van der Waals surface area contributed by atoms with Crippen LogP contribution < -0.4 is 133 Å². The second-order valence-corrected chi connectivity index (χ2v) is 26.9. The molecule has 27 heteroatoms. The molecule has 0 saturated heterocycles. The Bertz CT molecular complexity index is 8090. The van der Waals surface area contributed by atoms with E-state index in [9.17, 15) is 0 Å². The molecule has 9 atom stereocenters. The van der Waals surface area contributed by atoms with Gasteiger partial charge in [-0.2, -0.15) is 0 Å². The highest BCUT2D eigenvalue weighted by atomic mass is 16.7. The van der Waals surface area contributed by atoms with Gasteiger partial charge < -0.3 is 133 Å². The third kappa shape index (κ3) is 31.0. The summed E-state index contributed by atoms with van der Waals surface area (Å²) in [5, 5.41) is 12.1. The van der Waals surface area contributed by atoms with Crippen LogP contribution in [0.5, 0.6) is 103 Å². The molecule has 0 amide bonds. The van der Waals surface area contributed by atoms with E-state index in [1.165, 1.54) is 67.8 Å². The van der Waals surface area contributed by atoms with Crippen molar-refractivity contribution in [2.24, 2.45) is 0 Å². The molecule has 9 aromatic carbocycles. The number of likely N-dealkylation sites (N-methyl/N-ethyl adjacent to an activating group) is 9. The SMILES string of the molecule is [2H]N(C([2H])([2H])[2H])C([2H])(C)Cc1ccc2c(c1)OC([2H])([2H])O2.[2H]c1c([2H])c2c(c([2H])c1CC([2H])(C)N([2H])C([2H])([2H])[2H])OC([2H])([2H])O2.[2H]c1c([2H])c2c(c([2H])c1CC([2H])(C)N([2H])C([2H])([2H])[2H])OCO2.[2H]c1c([2H])c2c(c([2H])c1CC([2H])(C)N([2H])C)OC([2H])([2H])O2.[2H]c1c([2H])c2c(c([2H])c1CC([2H])(C)N([2H])C)OCO2.[2H]c1c([2H])c2c(c([2H])c1CC([2H])(C)NC([2H])([2H])[2H])OC([2H])([2H])O2.[2H]c1c([2H])c2c(c([2H])c1CC([2H])(C)NC([2H])([2H])[2H])OCO2.[2H]c1c([2H])c2c(c([2H])c1CC([2H])(C)NC)OC([2H])([2H])O2.[2H]c1c([2H])c2c(c([2H])c1CC([2H])(C)NC)OCO2. The van der Waals surface area contributed by atoms with Gasteiger partial charge in [-0.1, -0.05) is 54.4 Å². The Morgan fingerprint density at radius 2 is 0.437 bits per heavy atom. The van der Waals surface area contributed by atoms with Crippen LogP contribution in [0.3, 0.4) is 0 Å². The summed E-state index contributed by atoms with van der Waals surface area (Å²) in [6.07, 6.45) is -1.47. The summed E-state index contributed by atoms with van der Waals surface area (Å²) in [6.45, 7) is -13.6. The fourth-order valence-electron chi connectivity index (χ4n) is 10.3. The van der Waals surface area contributed by atoms with Gasteiger partial charge in [0.05, 0.1) is 32.9 Å². The number of fused-ring (bicyclic) bond motifs is 9. The fraction of sp³-hybridized carbons (Fsp3) is 0.455. The Kier molecular flexibility index (Phi) is 17.3. The first-order chi connectivity index (χ1) is 85.4. The second-order valence-electron chi connectivity index (χ2n) is 26.9. The third-order valence-electron chi connectivity index (χ3n) is 17.0. The molecule has 0 bridgehead atoms. The number of nitrogens with one attached hydrogen (secondary N) is 9. The summed E-state index contributed by atoms with van der Waals surface area (Å²) in [5.74, 6) is -1.16. The highest BCUT2D eigenvalue weighted by Crippen LogP contribution is 2.40. The van der Waals surface area contributed by atoms with Gasteiger partial charge in [-0.05, 0) is 342 Å². The lowest BCUT2D eigenvalue weighted by molar-refractivity contribution is 0.173. The molecule has 9 aromatic rings. The van der Waals surface area contributed by atoms with Crippen molar-refractivity contribution in [2.45, 2.75) is 174 Å². The van der Waals surface area contributed by atoms with E-state index >= 15 is 0 Å². The molecule has 684 valence electrons. The predicted octanol–water partition coefficient (Wildman–Crippen LogP) is 14.1. The zero-order valence-corrected chi connectivity index (χ0v) is 70.5. The summed E-state index contributed by atoms with van der Waals surface area (Å²) in [7, 11) is 6.06. The van der Waals surface area contributed by atoms with Gasteiger partial charge in [0.1, 0.15) is 20.8 Å². The van der Waals surface area contributed by atoms with E-state index < -0.39 is 165 Å². The second kappa shape index (κ2) is 51.0. The Balaban J connectivity index is 0.000000212. The molecule has 9 aliphatic heterocycles. The van der Waals surface area contributed by atoms with Crippen molar-refractivity contribution in [3.05, 3.63) is 213 Å². The maximum absolute atomic E-state index is 8.07. The molecule has 0 saturated carbocycles. The maximum atomic E-state index is 8.07. The van der Waals surface area contributed by atoms with Crippen LogP contribution in [-0.4, -0.2) is 178 Å². The molecule has 0 aliphatic carbocycles. The van der Waals surface area contributed by atoms with Crippen molar-refractivity contribution in [1.29, 1.82) is 0 Å². The lowest BCUT2D eigenvalue weighted by Crippen LogP contribution is -2.23. The van der Waals surface area contributed by atoms with Crippen LogP contribution in [0.2, 0.25) is 7.06 Å². The Morgan fingerprint density at radius 1 is 0.238 bits per heavy atom. The molecule has 0 radical (unpaired) electrons. The predicted molar refractivity (Wildman–Crippen MR) is 493 cm³/mol. The molecule has 0 spiro atoms. The Hall–Kier alpha value is -11.0. The van der Waals surface area contributed by atoms with Crippen molar-refractivity contribution >= 4 is 0 Å². The topological polar surface area (TPSA) is 274 Å². The van der Waals surface area contributed by atoms with E-state index in [1.807, 2.05) is 0 Å². The van der Waals surface area contributed by atoms with Gasteiger partial charge in [-0.15, -0.1) is 0 Å². The van der Waals surface area contributed by atoms with E-state index in [-0.39, 0.29) is 346 Å². The van der Waals surface area contributed by atoms with E-state index in [2.05, 4.69) is 21.3 Å². The molecule has 18 rings (SSSR count). The van der Waals surface area contributed by atoms with Crippen molar-refractivity contribution in [3.8, 4) is 103 Å².